The number of carbonyl (C=O) groups is 3. The number of carboxylic acids is 1. The fourth-order valence-electron chi connectivity index (χ4n) is 4.62. The Labute approximate surface area is 247 Å². The van der Waals surface area contributed by atoms with E-state index < -0.39 is 35.6 Å². The molecule has 4 N–H and O–H groups in total. The minimum absolute atomic E-state index is 0.0222. The first-order valence-electron chi connectivity index (χ1n) is 13.4. The largest absolute Gasteiger partial charge is 0.480 e. The van der Waals surface area contributed by atoms with Gasteiger partial charge in [0.2, 0.25) is 0 Å². The smallest absolute Gasteiger partial charge is 0.328 e. The zero-order valence-electron chi connectivity index (χ0n) is 23.8. The molecule has 43 heavy (non-hydrogen) atoms. The van der Waals surface area contributed by atoms with Crippen molar-refractivity contribution in [3.05, 3.63) is 118 Å². The topological polar surface area (TPSA) is 117 Å². The second kappa shape index (κ2) is 13.7. The van der Waals surface area contributed by atoms with Crippen LogP contribution >= 0.6 is 0 Å². The highest BCUT2D eigenvalue weighted by atomic mass is 19.2. The van der Waals surface area contributed by atoms with Crippen molar-refractivity contribution < 1.29 is 33.0 Å². The number of aliphatic carboxylic acids is 1. The molecular weight excluding hydrogens is 556 g/mol. The molecule has 0 spiro atoms. The highest BCUT2D eigenvalue weighted by Gasteiger charge is 2.24. The predicted octanol–water partition coefficient (Wildman–Crippen LogP) is 6.60. The first-order chi connectivity index (χ1) is 20.5. The van der Waals surface area contributed by atoms with Crippen LogP contribution < -0.4 is 16.0 Å². The summed E-state index contributed by atoms with van der Waals surface area (Å²) in [5, 5.41) is 17.6. The first kappa shape index (κ1) is 30.9. The van der Waals surface area contributed by atoms with Gasteiger partial charge in [0.15, 0.2) is 17.7 Å². The normalized spacial score (nSPS) is 11.5. The van der Waals surface area contributed by atoms with Gasteiger partial charge in [0.05, 0.1) is 24.5 Å². The fourth-order valence-corrected chi connectivity index (χ4v) is 4.62. The second-order valence-electron chi connectivity index (χ2n) is 10.1. The van der Waals surface area contributed by atoms with Gasteiger partial charge in [-0.25, -0.2) is 18.4 Å². The van der Waals surface area contributed by atoms with Crippen molar-refractivity contribution in [1.29, 1.82) is 0 Å². The van der Waals surface area contributed by atoms with E-state index in [1.54, 1.807) is 0 Å². The summed E-state index contributed by atoms with van der Waals surface area (Å²) in [7, 11) is 0. The van der Waals surface area contributed by atoms with E-state index in [1.807, 2.05) is 63.2 Å². The quantitative estimate of drug-likeness (QED) is 0.167. The number of benzene rings is 4. The number of ether oxygens (including phenoxy) is 1. The summed E-state index contributed by atoms with van der Waals surface area (Å²) in [5.41, 5.74) is 4.78. The third kappa shape index (κ3) is 8.02. The van der Waals surface area contributed by atoms with Crippen LogP contribution in [0.4, 0.5) is 25.0 Å². The number of rotatable bonds is 10. The number of amides is 3. The maximum absolute atomic E-state index is 14.0. The van der Waals surface area contributed by atoms with Gasteiger partial charge in [0, 0.05) is 5.69 Å². The van der Waals surface area contributed by atoms with Crippen molar-refractivity contribution in [2.45, 2.75) is 33.4 Å². The number of hydrogen-bond acceptors (Lipinski definition) is 4. The molecule has 1 atom stereocenters. The van der Waals surface area contributed by atoms with E-state index >= 15 is 0 Å². The van der Waals surface area contributed by atoms with E-state index in [4.69, 9.17) is 4.74 Å². The molecule has 0 bridgehead atoms. The fraction of sp³-hybridized carbons (Fsp3) is 0.182. The highest BCUT2D eigenvalue weighted by Crippen LogP contribution is 2.28. The summed E-state index contributed by atoms with van der Waals surface area (Å²) in [6, 6.07) is 18.5. The summed E-state index contributed by atoms with van der Waals surface area (Å²) in [5.74, 6) is -4.17. The van der Waals surface area contributed by atoms with E-state index in [1.165, 1.54) is 24.3 Å². The van der Waals surface area contributed by atoms with Crippen molar-refractivity contribution in [2.24, 2.45) is 0 Å². The van der Waals surface area contributed by atoms with Crippen LogP contribution in [0.1, 0.15) is 32.6 Å². The second-order valence-corrected chi connectivity index (χ2v) is 10.1. The molecule has 0 aliphatic carbocycles. The summed E-state index contributed by atoms with van der Waals surface area (Å²) in [6.07, 6.45) is 0. The Kier molecular flexibility index (Phi) is 9.84. The summed E-state index contributed by atoms with van der Waals surface area (Å²) in [6.45, 7) is 5.48. The number of halogens is 2. The maximum Gasteiger partial charge on any atom is 0.328 e. The Morgan fingerprint density at radius 3 is 2.12 bits per heavy atom. The molecule has 0 radical (unpaired) electrons. The molecule has 0 fully saturated rings. The monoisotopic (exact) mass is 587 g/mol. The van der Waals surface area contributed by atoms with Crippen LogP contribution in [0.5, 0.6) is 0 Å². The minimum Gasteiger partial charge on any atom is -0.480 e. The van der Waals surface area contributed by atoms with Gasteiger partial charge in [-0.3, -0.25) is 4.79 Å². The molecule has 4 aromatic rings. The van der Waals surface area contributed by atoms with Crippen LogP contribution in [-0.4, -0.2) is 35.7 Å². The Balaban J connectivity index is 1.59. The van der Waals surface area contributed by atoms with E-state index in [0.29, 0.717) is 16.8 Å². The molecule has 0 saturated heterocycles. The van der Waals surface area contributed by atoms with Crippen molar-refractivity contribution in [3.8, 4) is 11.1 Å². The molecule has 0 unspecified atom stereocenters. The van der Waals surface area contributed by atoms with Crippen LogP contribution in [-0.2, 0) is 16.1 Å². The van der Waals surface area contributed by atoms with Crippen molar-refractivity contribution in [1.82, 2.24) is 5.32 Å². The molecular formula is C33H31F2N3O5. The Morgan fingerprint density at radius 2 is 1.47 bits per heavy atom. The molecule has 0 saturated carbocycles. The van der Waals surface area contributed by atoms with E-state index in [-0.39, 0.29) is 24.5 Å². The average molecular weight is 588 g/mol. The van der Waals surface area contributed by atoms with Gasteiger partial charge in [-0.2, -0.15) is 0 Å². The lowest BCUT2D eigenvalue weighted by atomic mass is 10.0. The molecule has 222 valence electrons. The van der Waals surface area contributed by atoms with Gasteiger partial charge in [0.25, 0.3) is 5.91 Å². The molecule has 4 rings (SSSR count). The Bertz CT molecular complexity index is 1640. The lowest BCUT2D eigenvalue weighted by Crippen LogP contribution is -2.44. The third-order valence-corrected chi connectivity index (χ3v) is 6.68. The van der Waals surface area contributed by atoms with E-state index in [0.717, 1.165) is 34.4 Å². The molecule has 0 heterocycles. The van der Waals surface area contributed by atoms with Crippen LogP contribution in [0.3, 0.4) is 0 Å². The number of carbonyl (C=O) groups excluding carboxylic acids is 2. The van der Waals surface area contributed by atoms with Crippen molar-refractivity contribution in [2.75, 3.05) is 17.2 Å². The molecule has 10 heteroatoms. The zero-order chi connectivity index (χ0) is 31.1. The molecule has 4 aromatic carbocycles. The summed E-state index contributed by atoms with van der Waals surface area (Å²) >= 11 is 0. The Morgan fingerprint density at radius 1 is 0.814 bits per heavy atom. The number of hydrogen-bond donors (Lipinski definition) is 4. The van der Waals surface area contributed by atoms with Gasteiger partial charge in [-0.1, -0.05) is 60.2 Å². The third-order valence-electron chi connectivity index (χ3n) is 6.68. The van der Waals surface area contributed by atoms with Gasteiger partial charge < -0.3 is 25.8 Å². The number of anilines is 2. The standard InChI is InChI=1S/C33H31F2N3O5/c1-19-13-20(2)30(21(3)14-19)38-33(42)37-28-16-24(23-10-12-26(34)27(35)15-23)9-11-25(28)31(39)36-29(32(40)41)18-43-17-22-7-5-4-6-8-22/h4-16,29H,17-18H2,1-3H3,(H,36,39)(H,40,41)(H2,37,38,42)/t29-/m0/s1. The average Bonchev–Trinajstić information content (AvgIpc) is 2.96. The van der Waals surface area contributed by atoms with Gasteiger partial charge >= 0.3 is 12.0 Å². The Hall–Kier alpha value is -5.09. The molecule has 3 amide bonds. The summed E-state index contributed by atoms with van der Waals surface area (Å²) < 4.78 is 33.1. The van der Waals surface area contributed by atoms with E-state index in [2.05, 4.69) is 16.0 Å². The van der Waals surface area contributed by atoms with Crippen LogP contribution in [0.2, 0.25) is 0 Å². The first-order valence-corrected chi connectivity index (χ1v) is 13.4. The van der Waals surface area contributed by atoms with Gasteiger partial charge in [-0.05, 0) is 72.9 Å². The number of aryl methyl sites for hydroxylation is 3. The minimum atomic E-state index is -1.39. The number of nitrogens with one attached hydrogen (secondary N) is 3. The number of carboxylic acid groups (broad SMARTS) is 1. The molecule has 0 aliphatic rings. The van der Waals surface area contributed by atoms with Gasteiger partial charge in [0.1, 0.15) is 0 Å². The molecule has 0 aromatic heterocycles. The highest BCUT2D eigenvalue weighted by molar-refractivity contribution is 6.08. The van der Waals surface area contributed by atoms with Crippen molar-refractivity contribution in [3.63, 3.8) is 0 Å². The maximum atomic E-state index is 14.0. The molecule has 8 nitrogen and oxygen atoms in total. The van der Waals surface area contributed by atoms with Crippen LogP contribution in [0.25, 0.3) is 11.1 Å². The van der Waals surface area contributed by atoms with Crippen LogP contribution in [0, 0.1) is 32.4 Å². The van der Waals surface area contributed by atoms with Crippen molar-refractivity contribution >= 4 is 29.3 Å². The van der Waals surface area contributed by atoms with E-state index in [9.17, 15) is 28.3 Å². The van der Waals surface area contributed by atoms with Gasteiger partial charge in [-0.15, -0.1) is 0 Å². The molecule has 0 aliphatic heterocycles. The van der Waals surface area contributed by atoms with Crippen LogP contribution in [0.15, 0.2) is 78.9 Å². The number of urea groups is 1. The zero-order valence-corrected chi connectivity index (χ0v) is 23.8. The lowest BCUT2D eigenvalue weighted by molar-refractivity contribution is -0.141. The summed E-state index contributed by atoms with van der Waals surface area (Å²) in [4.78, 5) is 38.4. The SMILES string of the molecule is Cc1cc(C)c(NC(=O)Nc2cc(-c3ccc(F)c(F)c3)ccc2C(=O)N[C@@H](COCc2ccccc2)C(=O)O)c(C)c1. The lowest BCUT2D eigenvalue weighted by Gasteiger charge is -2.18. The predicted molar refractivity (Wildman–Crippen MR) is 160 cm³/mol.